The molecule has 0 aliphatic heterocycles. The summed E-state index contributed by atoms with van der Waals surface area (Å²) in [6.45, 7) is -0.215. The van der Waals surface area contributed by atoms with Crippen LogP contribution in [0.25, 0.3) is 0 Å². The van der Waals surface area contributed by atoms with Gasteiger partial charge in [-0.1, -0.05) is 30.3 Å². The fourth-order valence-electron chi connectivity index (χ4n) is 2.13. The summed E-state index contributed by atoms with van der Waals surface area (Å²) in [5.41, 5.74) is 0.128. The van der Waals surface area contributed by atoms with Gasteiger partial charge in [0.2, 0.25) is 0 Å². The molecule has 25 heavy (non-hydrogen) atoms. The molecule has 4 nitrogen and oxygen atoms in total. The number of benzene rings is 3. The van der Waals surface area contributed by atoms with Gasteiger partial charge in [-0.15, -0.1) is 0 Å². The van der Waals surface area contributed by atoms with E-state index < -0.39 is 11.7 Å². The van der Waals surface area contributed by atoms with Crippen LogP contribution < -0.4 is 14.8 Å². The van der Waals surface area contributed by atoms with Crippen molar-refractivity contribution in [2.45, 2.75) is 0 Å². The standard InChI is InChI=1S/C20H16FNO3/c21-18-8-4-5-9-19(18)22-20(23)14-24-15-10-12-17(13-11-15)25-16-6-2-1-3-7-16/h1-13H,14H2,(H,22,23). The molecular formula is C20H16FNO3. The Bertz CT molecular complexity index is 835. The van der Waals surface area contributed by atoms with Crippen molar-refractivity contribution in [1.82, 2.24) is 0 Å². The third-order valence-electron chi connectivity index (χ3n) is 3.32. The van der Waals surface area contributed by atoms with Gasteiger partial charge < -0.3 is 14.8 Å². The van der Waals surface area contributed by atoms with Gasteiger partial charge in [0.15, 0.2) is 6.61 Å². The highest BCUT2D eigenvalue weighted by Crippen LogP contribution is 2.23. The lowest BCUT2D eigenvalue weighted by atomic mass is 10.3. The molecule has 5 heteroatoms. The molecule has 126 valence electrons. The normalized spacial score (nSPS) is 10.1. The van der Waals surface area contributed by atoms with Crippen molar-refractivity contribution >= 4 is 11.6 Å². The van der Waals surface area contributed by atoms with Gasteiger partial charge in [-0.3, -0.25) is 4.79 Å². The maximum absolute atomic E-state index is 13.5. The minimum absolute atomic E-state index is 0.128. The summed E-state index contributed by atoms with van der Waals surface area (Å²) in [6.07, 6.45) is 0. The largest absolute Gasteiger partial charge is 0.484 e. The molecule has 1 amide bonds. The molecule has 0 aliphatic rings. The smallest absolute Gasteiger partial charge is 0.262 e. The molecule has 3 rings (SSSR count). The first-order valence-corrected chi connectivity index (χ1v) is 7.71. The number of amides is 1. The predicted molar refractivity (Wildman–Crippen MR) is 93.5 cm³/mol. The number of hydrogen-bond donors (Lipinski definition) is 1. The maximum atomic E-state index is 13.5. The van der Waals surface area contributed by atoms with Crippen LogP contribution in [-0.2, 0) is 4.79 Å². The lowest BCUT2D eigenvalue weighted by Gasteiger charge is -2.09. The number of hydrogen-bond acceptors (Lipinski definition) is 3. The maximum Gasteiger partial charge on any atom is 0.262 e. The fraction of sp³-hybridized carbons (Fsp3) is 0.0500. The van der Waals surface area contributed by atoms with Crippen molar-refractivity contribution in [3.63, 3.8) is 0 Å². The zero-order valence-corrected chi connectivity index (χ0v) is 13.3. The first-order chi connectivity index (χ1) is 12.2. The second-order valence-electron chi connectivity index (χ2n) is 5.20. The molecular weight excluding hydrogens is 321 g/mol. The minimum Gasteiger partial charge on any atom is -0.484 e. The highest BCUT2D eigenvalue weighted by molar-refractivity contribution is 5.91. The Hall–Kier alpha value is -3.34. The molecule has 1 N–H and O–H groups in total. The summed E-state index contributed by atoms with van der Waals surface area (Å²) in [6, 6.07) is 22.3. The summed E-state index contributed by atoms with van der Waals surface area (Å²) in [5.74, 6) is 0.992. The van der Waals surface area contributed by atoms with Crippen LogP contribution in [0.4, 0.5) is 10.1 Å². The molecule has 0 aromatic heterocycles. The van der Waals surface area contributed by atoms with Crippen molar-refractivity contribution < 1.29 is 18.7 Å². The average Bonchev–Trinajstić information content (AvgIpc) is 2.64. The Balaban J connectivity index is 1.51. The molecule has 0 bridgehead atoms. The van der Waals surface area contributed by atoms with E-state index in [1.165, 1.54) is 12.1 Å². The van der Waals surface area contributed by atoms with Crippen molar-refractivity contribution in [3.05, 3.63) is 84.7 Å². The van der Waals surface area contributed by atoms with Gasteiger partial charge in [-0.25, -0.2) is 4.39 Å². The van der Waals surface area contributed by atoms with Crippen LogP contribution in [0.1, 0.15) is 0 Å². The first-order valence-electron chi connectivity index (χ1n) is 7.71. The number of ether oxygens (including phenoxy) is 2. The summed E-state index contributed by atoms with van der Waals surface area (Å²) in [7, 11) is 0. The zero-order chi connectivity index (χ0) is 17.5. The Kier molecular flexibility index (Phi) is 5.26. The number of para-hydroxylation sites is 2. The number of nitrogens with one attached hydrogen (secondary N) is 1. The van der Waals surface area contributed by atoms with Crippen LogP contribution >= 0.6 is 0 Å². The third-order valence-corrected chi connectivity index (χ3v) is 3.32. The number of carbonyl (C=O) groups excluding carboxylic acids is 1. The molecule has 0 saturated carbocycles. The van der Waals surface area contributed by atoms with Crippen LogP contribution in [-0.4, -0.2) is 12.5 Å². The molecule has 0 heterocycles. The highest BCUT2D eigenvalue weighted by Gasteiger charge is 2.07. The van der Waals surface area contributed by atoms with Crippen LogP contribution in [0.5, 0.6) is 17.2 Å². The Labute approximate surface area is 144 Å². The molecule has 0 spiro atoms. The zero-order valence-electron chi connectivity index (χ0n) is 13.3. The van der Waals surface area contributed by atoms with Crippen LogP contribution in [0.3, 0.4) is 0 Å². The topological polar surface area (TPSA) is 47.6 Å². The number of rotatable bonds is 6. The average molecular weight is 337 g/mol. The van der Waals surface area contributed by atoms with Gasteiger partial charge in [0.05, 0.1) is 5.69 Å². The lowest BCUT2D eigenvalue weighted by Crippen LogP contribution is -2.20. The van der Waals surface area contributed by atoms with E-state index in [9.17, 15) is 9.18 Å². The second kappa shape index (κ2) is 7.97. The van der Waals surface area contributed by atoms with E-state index in [0.717, 1.165) is 5.75 Å². The molecule has 0 fully saturated rings. The van der Waals surface area contributed by atoms with E-state index in [-0.39, 0.29) is 12.3 Å². The van der Waals surface area contributed by atoms with Gasteiger partial charge >= 0.3 is 0 Å². The molecule has 0 atom stereocenters. The fourth-order valence-corrected chi connectivity index (χ4v) is 2.13. The van der Waals surface area contributed by atoms with Gasteiger partial charge in [0.1, 0.15) is 23.1 Å². The number of halogens is 1. The molecule has 0 aliphatic carbocycles. The van der Waals surface area contributed by atoms with Crippen LogP contribution in [0, 0.1) is 5.82 Å². The third kappa shape index (κ3) is 4.81. The van der Waals surface area contributed by atoms with Gasteiger partial charge in [-0.05, 0) is 48.5 Å². The van der Waals surface area contributed by atoms with Gasteiger partial charge in [-0.2, -0.15) is 0 Å². The van der Waals surface area contributed by atoms with Crippen molar-refractivity contribution in [3.8, 4) is 17.2 Å². The molecule has 0 saturated heterocycles. The predicted octanol–water partition coefficient (Wildman–Crippen LogP) is 4.64. The minimum atomic E-state index is -0.488. The monoisotopic (exact) mass is 337 g/mol. The van der Waals surface area contributed by atoms with Crippen molar-refractivity contribution in [1.29, 1.82) is 0 Å². The Morgan fingerprint density at radius 1 is 0.800 bits per heavy atom. The highest BCUT2D eigenvalue weighted by atomic mass is 19.1. The van der Waals surface area contributed by atoms with Crippen LogP contribution in [0.2, 0.25) is 0 Å². The van der Waals surface area contributed by atoms with E-state index in [4.69, 9.17) is 9.47 Å². The van der Waals surface area contributed by atoms with Gasteiger partial charge in [0.25, 0.3) is 5.91 Å². The van der Waals surface area contributed by atoms with Crippen LogP contribution in [0.15, 0.2) is 78.9 Å². The van der Waals surface area contributed by atoms with E-state index >= 15 is 0 Å². The lowest BCUT2D eigenvalue weighted by molar-refractivity contribution is -0.118. The summed E-state index contributed by atoms with van der Waals surface area (Å²) in [5, 5.41) is 2.46. The second-order valence-corrected chi connectivity index (χ2v) is 5.20. The quantitative estimate of drug-likeness (QED) is 0.713. The van der Waals surface area contributed by atoms with E-state index in [1.54, 1.807) is 36.4 Å². The number of carbonyl (C=O) groups is 1. The SMILES string of the molecule is O=C(COc1ccc(Oc2ccccc2)cc1)Nc1ccccc1F. The van der Waals surface area contributed by atoms with E-state index in [2.05, 4.69) is 5.32 Å². The number of anilines is 1. The molecule has 3 aromatic carbocycles. The summed E-state index contributed by atoms with van der Waals surface area (Å²) < 4.78 is 24.5. The first kappa shape index (κ1) is 16.5. The molecule has 0 unspecified atom stereocenters. The Morgan fingerprint density at radius 3 is 2.12 bits per heavy atom. The molecule has 0 radical (unpaired) electrons. The van der Waals surface area contributed by atoms with E-state index in [1.807, 2.05) is 30.3 Å². The van der Waals surface area contributed by atoms with Gasteiger partial charge in [0, 0.05) is 0 Å². The van der Waals surface area contributed by atoms with Crippen molar-refractivity contribution in [2.24, 2.45) is 0 Å². The Morgan fingerprint density at radius 2 is 1.40 bits per heavy atom. The van der Waals surface area contributed by atoms with E-state index in [0.29, 0.717) is 11.5 Å². The summed E-state index contributed by atoms with van der Waals surface area (Å²) in [4.78, 5) is 11.8. The summed E-state index contributed by atoms with van der Waals surface area (Å²) >= 11 is 0. The molecule has 3 aromatic rings. The van der Waals surface area contributed by atoms with Crippen molar-refractivity contribution in [2.75, 3.05) is 11.9 Å².